The van der Waals surface area contributed by atoms with E-state index in [1.54, 1.807) is 5.70 Å². The molecular weight excluding hydrogens is 158 g/mol. The van der Waals surface area contributed by atoms with Gasteiger partial charge in [-0.3, -0.25) is 4.79 Å². The van der Waals surface area contributed by atoms with Crippen molar-refractivity contribution >= 4 is 14.0 Å². The van der Waals surface area contributed by atoms with Crippen LogP contribution < -0.4 is 5.73 Å². The topological polar surface area (TPSA) is 52.3 Å². The minimum absolute atomic E-state index is 0.346. The molecule has 1 atom stereocenters. The number of rotatable bonds is 3. The molecule has 11 heavy (non-hydrogen) atoms. The quantitative estimate of drug-likeness (QED) is 0.498. The first-order chi connectivity index (χ1) is 4.95. The molecule has 0 aliphatic carbocycles. The van der Waals surface area contributed by atoms with Crippen molar-refractivity contribution in [3.8, 4) is 0 Å². The van der Waals surface area contributed by atoms with Crippen LogP contribution in [0.4, 0.5) is 0 Å². The number of nitrogens with two attached hydrogens (primary N) is 1. The van der Waals surface area contributed by atoms with Gasteiger partial charge in [0, 0.05) is 0 Å². The van der Waals surface area contributed by atoms with Gasteiger partial charge in [0.05, 0.1) is 12.8 Å². The van der Waals surface area contributed by atoms with Crippen LogP contribution in [-0.4, -0.2) is 26.8 Å². The number of methoxy groups -OCH3 is 1. The highest BCUT2D eigenvalue weighted by atomic mass is 28.3. The van der Waals surface area contributed by atoms with E-state index >= 15 is 0 Å². The summed E-state index contributed by atoms with van der Waals surface area (Å²) in [5, 5.41) is 0. The highest BCUT2D eigenvalue weighted by Gasteiger charge is 2.31. The van der Waals surface area contributed by atoms with Crippen molar-refractivity contribution in [1.29, 1.82) is 0 Å². The van der Waals surface area contributed by atoms with Crippen LogP contribution in [0.5, 0.6) is 0 Å². The van der Waals surface area contributed by atoms with Gasteiger partial charge in [-0.25, -0.2) is 0 Å². The molecule has 0 heterocycles. The third-order valence-electron chi connectivity index (χ3n) is 1.78. The number of hydrogen-bond acceptors (Lipinski definition) is 3. The molecule has 0 radical (unpaired) electrons. The molecule has 2 N–H and O–H groups in total. The van der Waals surface area contributed by atoms with Crippen molar-refractivity contribution in [2.75, 3.05) is 7.11 Å². The Hall–Kier alpha value is -0.613. The van der Waals surface area contributed by atoms with Gasteiger partial charge in [0.15, 0.2) is 0 Å². The summed E-state index contributed by atoms with van der Waals surface area (Å²) in [4.78, 5) is 11.0. The molecule has 1 unspecified atom stereocenters. The maximum absolute atomic E-state index is 11.0. The lowest BCUT2D eigenvalue weighted by molar-refractivity contribution is -0.140. The van der Waals surface area contributed by atoms with E-state index in [9.17, 15) is 4.79 Å². The second-order valence-corrected chi connectivity index (χ2v) is 7.70. The summed E-state index contributed by atoms with van der Waals surface area (Å²) in [5.41, 5.74) is 6.92. The highest BCUT2D eigenvalue weighted by Crippen LogP contribution is 2.08. The van der Waals surface area contributed by atoms with Crippen molar-refractivity contribution in [2.24, 2.45) is 5.73 Å². The molecule has 0 aromatic carbocycles. The first-order valence-electron chi connectivity index (χ1n) is 3.42. The standard InChI is InChI=1S/C7H15NO2Si/c1-5-11(3,4)6(8)7(9)10-2/h5-6H,1,8H2,2-4H3. The number of esters is 1. The van der Waals surface area contributed by atoms with Crippen LogP contribution in [0.2, 0.25) is 13.1 Å². The van der Waals surface area contributed by atoms with Crippen LogP contribution in [0, 0.1) is 0 Å². The molecule has 0 aromatic heterocycles. The molecule has 0 aromatic rings. The Balaban J connectivity index is 4.34. The summed E-state index contributed by atoms with van der Waals surface area (Å²) in [7, 11) is -0.455. The Labute approximate surface area is 68.2 Å². The third-order valence-corrected chi connectivity index (χ3v) is 4.67. The molecule has 0 amide bonds. The molecule has 0 saturated carbocycles. The van der Waals surface area contributed by atoms with Gasteiger partial charge in [-0.2, -0.15) is 0 Å². The average molecular weight is 173 g/mol. The van der Waals surface area contributed by atoms with E-state index in [0.29, 0.717) is 0 Å². The van der Waals surface area contributed by atoms with E-state index < -0.39 is 13.7 Å². The second-order valence-electron chi connectivity index (χ2n) is 3.03. The SMILES string of the molecule is C=C[Si](C)(C)C(N)C(=O)OC. The first-order valence-corrected chi connectivity index (χ1v) is 6.58. The highest BCUT2D eigenvalue weighted by molar-refractivity contribution is 6.86. The number of hydrogen-bond donors (Lipinski definition) is 1. The number of carbonyl (C=O) groups is 1. The zero-order valence-electron chi connectivity index (χ0n) is 7.26. The van der Waals surface area contributed by atoms with Crippen molar-refractivity contribution < 1.29 is 9.53 Å². The maximum Gasteiger partial charge on any atom is 0.319 e. The maximum atomic E-state index is 11.0. The van der Waals surface area contributed by atoms with Gasteiger partial charge in [0.1, 0.15) is 8.07 Å². The Kier molecular flexibility index (Phi) is 3.48. The second kappa shape index (κ2) is 3.68. The fraction of sp³-hybridized carbons (Fsp3) is 0.571. The van der Waals surface area contributed by atoms with Gasteiger partial charge < -0.3 is 10.5 Å². The lowest BCUT2D eigenvalue weighted by atomic mass is 10.7. The monoisotopic (exact) mass is 173 g/mol. The zero-order chi connectivity index (χ0) is 9.07. The number of carbonyl (C=O) groups excluding carboxylic acids is 1. The Morgan fingerprint density at radius 1 is 1.73 bits per heavy atom. The Morgan fingerprint density at radius 3 is 2.45 bits per heavy atom. The smallest absolute Gasteiger partial charge is 0.319 e. The van der Waals surface area contributed by atoms with Crippen LogP contribution in [0.25, 0.3) is 0 Å². The molecule has 0 aliphatic heterocycles. The molecule has 0 fully saturated rings. The fourth-order valence-corrected chi connectivity index (χ4v) is 1.54. The molecule has 64 valence electrons. The Morgan fingerprint density at radius 2 is 2.18 bits per heavy atom. The molecule has 0 rings (SSSR count). The summed E-state index contributed by atoms with van der Waals surface area (Å²) < 4.78 is 4.52. The van der Waals surface area contributed by atoms with Gasteiger partial charge in [-0.15, -0.1) is 6.58 Å². The van der Waals surface area contributed by atoms with Crippen LogP contribution in [0.3, 0.4) is 0 Å². The molecule has 3 nitrogen and oxygen atoms in total. The van der Waals surface area contributed by atoms with Crippen LogP contribution >= 0.6 is 0 Å². The molecule has 0 spiro atoms. The van der Waals surface area contributed by atoms with E-state index in [-0.39, 0.29) is 5.97 Å². The van der Waals surface area contributed by atoms with E-state index in [4.69, 9.17) is 5.73 Å². The summed E-state index contributed by atoms with van der Waals surface area (Å²) in [6.45, 7) is 7.59. The predicted octanol–water partition coefficient (Wildman–Crippen LogP) is 0.459. The largest absolute Gasteiger partial charge is 0.468 e. The van der Waals surface area contributed by atoms with E-state index in [0.717, 1.165) is 0 Å². The van der Waals surface area contributed by atoms with Crippen molar-refractivity contribution in [3.63, 3.8) is 0 Å². The molecule has 4 heteroatoms. The fourth-order valence-electron chi connectivity index (χ4n) is 0.558. The lowest BCUT2D eigenvalue weighted by Gasteiger charge is -2.22. The summed E-state index contributed by atoms with van der Waals surface area (Å²) in [6, 6.07) is 0. The van der Waals surface area contributed by atoms with Crippen LogP contribution in [0.1, 0.15) is 0 Å². The van der Waals surface area contributed by atoms with E-state index in [2.05, 4.69) is 11.3 Å². The Bertz CT molecular complexity index is 168. The third kappa shape index (κ3) is 2.47. The van der Waals surface area contributed by atoms with E-state index in [1.807, 2.05) is 13.1 Å². The van der Waals surface area contributed by atoms with Crippen LogP contribution in [0.15, 0.2) is 12.3 Å². The van der Waals surface area contributed by atoms with Gasteiger partial charge in [0.2, 0.25) is 0 Å². The van der Waals surface area contributed by atoms with Crippen molar-refractivity contribution in [1.82, 2.24) is 0 Å². The van der Waals surface area contributed by atoms with Gasteiger partial charge in [-0.05, 0) is 0 Å². The van der Waals surface area contributed by atoms with Gasteiger partial charge >= 0.3 is 5.97 Å². The summed E-state index contributed by atoms with van der Waals surface area (Å²) in [6.07, 6.45) is 0. The normalized spacial score (nSPS) is 13.8. The zero-order valence-corrected chi connectivity index (χ0v) is 8.26. The lowest BCUT2D eigenvalue weighted by Crippen LogP contribution is -2.52. The molecular formula is C7H15NO2Si. The first kappa shape index (κ1) is 10.4. The minimum atomic E-state index is -1.80. The number of ether oxygens (including phenoxy) is 1. The molecule has 0 aliphatic rings. The van der Waals surface area contributed by atoms with Crippen molar-refractivity contribution in [2.45, 2.75) is 18.8 Å². The summed E-state index contributed by atoms with van der Waals surface area (Å²) >= 11 is 0. The minimum Gasteiger partial charge on any atom is -0.468 e. The van der Waals surface area contributed by atoms with Crippen molar-refractivity contribution in [3.05, 3.63) is 12.3 Å². The molecule has 0 saturated heterocycles. The predicted molar refractivity (Wildman–Crippen MR) is 47.7 cm³/mol. The van der Waals surface area contributed by atoms with E-state index in [1.165, 1.54) is 7.11 Å². The summed E-state index contributed by atoms with van der Waals surface area (Å²) in [5.74, 6) is -0.346. The van der Waals surface area contributed by atoms with Gasteiger partial charge in [0.25, 0.3) is 0 Å². The van der Waals surface area contributed by atoms with Crippen LogP contribution in [-0.2, 0) is 9.53 Å². The average Bonchev–Trinajstić information content (AvgIpc) is 2.01. The molecule has 0 bridgehead atoms. The van der Waals surface area contributed by atoms with Gasteiger partial charge in [-0.1, -0.05) is 18.8 Å².